The molecule has 1 aliphatic heterocycles. The second kappa shape index (κ2) is 6.89. The van der Waals surface area contributed by atoms with Crippen LogP contribution < -0.4 is 10.6 Å². The van der Waals surface area contributed by atoms with Crippen molar-refractivity contribution in [3.8, 4) is 0 Å². The van der Waals surface area contributed by atoms with E-state index in [0.717, 1.165) is 11.1 Å². The summed E-state index contributed by atoms with van der Waals surface area (Å²) in [6.45, 7) is 2.51. The fraction of sp³-hybridized carbons (Fsp3) is 0.385. The minimum absolute atomic E-state index is 0. The van der Waals surface area contributed by atoms with Crippen LogP contribution in [0.3, 0.4) is 0 Å². The molecule has 2 amide bonds. The zero-order valence-electron chi connectivity index (χ0n) is 10.5. The monoisotopic (exact) mass is 302 g/mol. The first-order chi connectivity index (χ1) is 8.58. The van der Waals surface area contributed by atoms with E-state index in [9.17, 15) is 9.59 Å². The second-order valence-corrected chi connectivity index (χ2v) is 4.83. The fourth-order valence-electron chi connectivity index (χ4n) is 2.00. The number of nitrogens with one attached hydrogen (secondary N) is 2. The first-order valence-electron chi connectivity index (χ1n) is 5.89. The van der Waals surface area contributed by atoms with Gasteiger partial charge in [0.15, 0.2) is 0 Å². The molecule has 0 aromatic heterocycles. The van der Waals surface area contributed by atoms with E-state index in [1.165, 1.54) is 0 Å². The van der Waals surface area contributed by atoms with E-state index in [2.05, 4.69) is 10.6 Å². The van der Waals surface area contributed by atoms with Gasteiger partial charge in [-0.1, -0.05) is 23.7 Å². The van der Waals surface area contributed by atoms with Gasteiger partial charge in [0.25, 0.3) is 0 Å². The molecule has 4 nitrogen and oxygen atoms in total. The zero-order valence-corrected chi connectivity index (χ0v) is 12.1. The van der Waals surface area contributed by atoms with Crippen LogP contribution in [0.15, 0.2) is 18.2 Å². The summed E-state index contributed by atoms with van der Waals surface area (Å²) >= 11 is 6.11. The summed E-state index contributed by atoms with van der Waals surface area (Å²) in [5.41, 5.74) is 2.08. The van der Waals surface area contributed by atoms with Crippen molar-refractivity contribution in [1.29, 1.82) is 0 Å². The molecule has 2 rings (SSSR count). The molecule has 1 aromatic carbocycles. The number of hydrogen-bond acceptors (Lipinski definition) is 3. The predicted octanol–water partition coefficient (Wildman–Crippen LogP) is 1.97. The third-order valence-corrected chi connectivity index (χ3v) is 3.47. The number of rotatable bonds is 3. The Labute approximate surface area is 123 Å². The molecule has 0 spiro atoms. The zero-order chi connectivity index (χ0) is 13.1. The first kappa shape index (κ1) is 16.0. The van der Waals surface area contributed by atoms with Crippen molar-refractivity contribution >= 4 is 35.8 Å². The van der Waals surface area contributed by atoms with Gasteiger partial charge in [-0.05, 0) is 30.5 Å². The van der Waals surface area contributed by atoms with Gasteiger partial charge >= 0.3 is 0 Å². The molecule has 0 radical (unpaired) electrons. The second-order valence-electron chi connectivity index (χ2n) is 4.42. The van der Waals surface area contributed by atoms with Crippen LogP contribution in [0.25, 0.3) is 0 Å². The standard InChI is InChI=1S/C13H15ClN2O2.ClH/c1-8-3-2-4-10(14)9(8)7-15-11-5-6-12(17)16-13(11)18;/h2-4,11,15H,5-7H2,1H3,(H,16,17,18);1H. The third-order valence-electron chi connectivity index (χ3n) is 3.12. The lowest BCUT2D eigenvalue weighted by Gasteiger charge is -2.22. The summed E-state index contributed by atoms with van der Waals surface area (Å²) in [4.78, 5) is 22.6. The Morgan fingerprint density at radius 3 is 2.79 bits per heavy atom. The van der Waals surface area contributed by atoms with Crippen molar-refractivity contribution in [3.05, 3.63) is 34.3 Å². The lowest BCUT2D eigenvalue weighted by atomic mass is 10.0. The molecule has 1 heterocycles. The number of halogens is 2. The summed E-state index contributed by atoms with van der Waals surface area (Å²) in [5.74, 6) is -0.456. The van der Waals surface area contributed by atoms with Crippen LogP contribution in [0.5, 0.6) is 0 Å². The summed E-state index contributed by atoms with van der Waals surface area (Å²) < 4.78 is 0. The maximum Gasteiger partial charge on any atom is 0.243 e. The maximum atomic E-state index is 11.6. The Morgan fingerprint density at radius 2 is 2.16 bits per heavy atom. The molecule has 6 heteroatoms. The predicted molar refractivity (Wildman–Crippen MR) is 76.4 cm³/mol. The summed E-state index contributed by atoms with van der Waals surface area (Å²) in [6.07, 6.45) is 0.916. The van der Waals surface area contributed by atoms with Crippen molar-refractivity contribution in [3.63, 3.8) is 0 Å². The highest BCUT2D eigenvalue weighted by atomic mass is 35.5. The van der Waals surface area contributed by atoms with Gasteiger partial charge in [0.2, 0.25) is 11.8 Å². The molecule has 0 bridgehead atoms. The van der Waals surface area contributed by atoms with Crippen LogP contribution in [-0.2, 0) is 16.1 Å². The molecule has 1 fully saturated rings. The molecule has 1 unspecified atom stereocenters. The van der Waals surface area contributed by atoms with Gasteiger partial charge in [0.05, 0.1) is 6.04 Å². The van der Waals surface area contributed by atoms with Crippen LogP contribution >= 0.6 is 24.0 Å². The fourth-order valence-corrected chi connectivity index (χ4v) is 2.29. The van der Waals surface area contributed by atoms with E-state index in [-0.39, 0.29) is 30.3 Å². The van der Waals surface area contributed by atoms with Crippen molar-refractivity contribution in [2.24, 2.45) is 0 Å². The molecule has 2 N–H and O–H groups in total. The van der Waals surface area contributed by atoms with E-state index in [1.807, 2.05) is 25.1 Å². The number of benzene rings is 1. The summed E-state index contributed by atoms with van der Waals surface area (Å²) in [6, 6.07) is 5.38. The van der Waals surface area contributed by atoms with Crippen molar-refractivity contribution in [2.75, 3.05) is 0 Å². The quantitative estimate of drug-likeness (QED) is 0.839. The minimum Gasteiger partial charge on any atom is -0.302 e. The smallest absolute Gasteiger partial charge is 0.243 e. The lowest BCUT2D eigenvalue weighted by molar-refractivity contribution is -0.134. The Balaban J connectivity index is 0.00000180. The van der Waals surface area contributed by atoms with Crippen molar-refractivity contribution in [1.82, 2.24) is 10.6 Å². The van der Waals surface area contributed by atoms with Gasteiger partial charge in [0, 0.05) is 18.0 Å². The van der Waals surface area contributed by atoms with Gasteiger partial charge in [0.1, 0.15) is 0 Å². The van der Waals surface area contributed by atoms with Crippen LogP contribution in [0.4, 0.5) is 0 Å². The average molecular weight is 303 g/mol. The van der Waals surface area contributed by atoms with Crippen LogP contribution in [0, 0.1) is 6.92 Å². The van der Waals surface area contributed by atoms with E-state index in [0.29, 0.717) is 24.4 Å². The maximum absolute atomic E-state index is 11.6. The number of carbonyl (C=O) groups is 2. The molecular formula is C13H16Cl2N2O2. The number of piperidine rings is 1. The van der Waals surface area contributed by atoms with Gasteiger partial charge in [-0.3, -0.25) is 14.9 Å². The number of aryl methyl sites for hydroxylation is 1. The van der Waals surface area contributed by atoms with Crippen LogP contribution in [0.1, 0.15) is 24.0 Å². The van der Waals surface area contributed by atoms with Gasteiger partial charge in [-0.25, -0.2) is 0 Å². The SMILES string of the molecule is Cc1cccc(Cl)c1CNC1CCC(=O)NC1=O.Cl. The largest absolute Gasteiger partial charge is 0.302 e. The number of imide groups is 1. The molecule has 1 aromatic rings. The topological polar surface area (TPSA) is 58.2 Å². The molecule has 1 saturated heterocycles. The average Bonchev–Trinajstić information content (AvgIpc) is 2.31. The molecule has 0 aliphatic carbocycles. The Morgan fingerprint density at radius 1 is 1.42 bits per heavy atom. The van der Waals surface area contributed by atoms with E-state index in [1.54, 1.807) is 0 Å². The Hall–Kier alpha value is -1.10. The highest BCUT2D eigenvalue weighted by Gasteiger charge is 2.26. The van der Waals surface area contributed by atoms with E-state index >= 15 is 0 Å². The van der Waals surface area contributed by atoms with Gasteiger partial charge in [-0.15, -0.1) is 12.4 Å². The highest BCUT2D eigenvalue weighted by molar-refractivity contribution is 6.31. The first-order valence-corrected chi connectivity index (χ1v) is 6.27. The lowest BCUT2D eigenvalue weighted by Crippen LogP contribution is -2.50. The molecular weight excluding hydrogens is 287 g/mol. The van der Waals surface area contributed by atoms with Crippen molar-refractivity contribution in [2.45, 2.75) is 32.4 Å². The minimum atomic E-state index is -0.321. The highest BCUT2D eigenvalue weighted by Crippen LogP contribution is 2.19. The number of amides is 2. The van der Waals surface area contributed by atoms with E-state index in [4.69, 9.17) is 11.6 Å². The van der Waals surface area contributed by atoms with Crippen LogP contribution in [-0.4, -0.2) is 17.9 Å². The Kier molecular flexibility index (Phi) is 5.79. The van der Waals surface area contributed by atoms with Crippen LogP contribution in [0.2, 0.25) is 5.02 Å². The number of hydrogen-bond donors (Lipinski definition) is 2. The van der Waals surface area contributed by atoms with Crippen molar-refractivity contribution < 1.29 is 9.59 Å². The van der Waals surface area contributed by atoms with E-state index < -0.39 is 0 Å². The molecule has 1 atom stereocenters. The van der Waals surface area contributed by atoms with Gasteiger partial charge < -0.3 is 5.32 Å². The molecule has 19 heavy (non-hydrogen) atoms. The number of carbonyl (C=O) groups excluding carboxylic acids is 2. The Bertz CT molecular complexity index is 471. The molecule has 104 valence electrons. The molecule has 1 aliphatic rings. The molecule has 0 saturated carbocycles. The normalized spacial score (nSPS) is 18.7. The summed E-state index contributed by atoms with van der Waals surface area (Å²) in [5, 5.41) is 6.15. The summed E-state index contributed by atoms with van der Waals surface area (Å²) in [7, 11) is 0. The van der Waals surface area contributed by atoms with Gasteiger partial charge in [-0.2, -0.15) is 0 Å². The third kappa shape index (κ3) is 3.93.